The Morgan fingerprint density at radius 2 is 2.29 bits per heavy atom. The van der Waals surface area contributed by atoms with Gasteiger partial charge in [-0.2, -0.15) is 5.10 Å². The molecule has 1 aromatic heterocycles. The highest BCUT2D eigenvalue weighted by Gasteiger charge is 2.70. The van der Waals surface area contributed by atoms with E-state index in [0.29, 0.717) is 5.82 Å². The maximum atomic E-state index is 12.7. The summed E-state index contributed by atoms with van der Waals surface area (Å²) in [7, 11) is 1.81. The fourth-order valence-electron chi connectivity index (χ4n) is 3.74. The number of aryl methyl sites for hydroxylation is 1. The number of nitrogens with zero attached hydrogens (tertiary/aromatic N) is 2. The zero-order chi connectivity index (χ0) is 14.5. The summed E-state index contributed by atoms with van der Waals surface area (Å²) in [5.74, 6) is 0.473. The highest BCUT2D eigenvalue weighted by atomic mass is 35.5. The molecule has 0 aromatic carbocycles. The number of rotatable bonds is 2. The molecule has 2 aliphatic rings. The van der Waals surface area contributed by atoms with Gasteiger partial charge in [0.25, 0.3) is 0 Å². The normalized spacial score (nSPS) is 33.3. The summed E-state index contributed by atoms with van der Waals surface area (Å²) in [6.07, 6.45) is 3.78. The van der Waals surface area contributed by atoms with Crippen LogP contribution in [0.2, 0.25) is 0 Å². The Bertz CT molecular complexity index is 545. The van der Waals surface area contributed by atoms with E-state index in [-0.39, 0.29) is 35.8 Å². The molecule has 6 nitrogen and oxygen atoms in total. The van der Waals surface area contributed by atoms with Gasteiger partial charge in [0.1, 0.15) is 5.54 Å². The third-order valence-corrected chi connectivity index (χ3v) is 5.02. The van der Waals surface area contributed by atoms with Crippen molar-refractivity contribution < 1.29 is 9.53 Å². The standard InChI is InChI=1S/C14H22N4O2.ClH/c1-13(2)11-9(5-4-8-20-11)14(13,15)12(19)16-10-6-7-18(3)17-10;/h6-7,9,11H,4-5,8,15H2,1-3H3,(H,16,17,19);1H. The summed E-state index contributed by atoms with van der Waals surface area (Å²) < 4.78 is 7.46. The Balaban J connectivity index is 0.00000161. The highest BCUT2D eigenvalue weighted by molar-refractivity contribution is 5.99. The van der Waals surface area contributed by atoms with Crippen molar-refractivity contribution in [1.29, 1.82) is 0 Å². The van der Waals surface area contributed by atoms with Crippen LogP contribution < -0.4 is 11.1 Å². The van der Waals surface area contributed by atoms with Crippen LogP contribution in [0.1, 0.15) is 26.7 Å². The summed E-state index contributed by atoms with van der Waals surface area (Å²) in [5.41, 5.74) is 5.25. The number of amides is 1. The van der Waals surface area contributed by atoms with Gasteiger partial charge in [-0.3, -0.25) is 9.48 Å². The van der Waals surface area contributed by atoms with Crippen LogP contribution >= 0.6 is 12.4 Å². The van der Waals surface area contributed by atoms with Crippen LogP contribution in [0.4, 0.5) is 5.82 Å². The number of halogens is 1. The smallest absolute Gasteiger partial charge is 0.246 e. The quantitative estimate of drug-likeness (QED) is 0.862. The average Bonchev–Trinajstić information content (AvgIpc) is 2.83. The third-order valence-electron chi connectivity index (χ3n) is 5.02. The van der Waals surface area contributed by atoms with E-state index >= 15 is 0 Å². The van der Waals surface area contributed by atoms with Gasteiger partial charge in [-0.25, -0.2) is 0 Å². The topological polar surface area (TPSA) is 82.2 Å². The van der Waals surface area contributed by atoms with E-state index < -0.39 is 5.54 Å². The molecular formula is C14H23ClN4O2. The molecule has 1 saturated carbocycles. The Hall–Kier alpha value is -1.11. The lowest BCUT2D eigenvalue weighted by molar-refractivity contribution is -0.222. The van der Waals surface area contributed by atoms with E-state index in [2.05, 4.69) is 10.4 Å². The number of carbonyl (C=O) groups is 1. The van der Waals surface area contributed by atoms with Gasteiger partial charge in [0.15, 0.2) is 5.82 Å². The number of nitrogens with two attached hydrogens (primary N) is 1. The van der Waals surface area contributed by atoms with Crippen LogP contribution in [0.5, 0.6) is 0 Å². The zero-order valence-electron chi connectivity index (χ0n) is 12.6. The molecule has 0 spiro atoms. The van der Waals surface area contributed by atoms with Crippen molar-refractivity contribution in [2.75, 3.05) is 11.9 Å². The lowest BCUT2D eigenvalue weighted by atomic mass is 9.46. The molecule has 1 aromatic rings. The predicted molar refractivity (Wildman–Crippen MR) is 82.2 cm³/mol. The minimum atomic E-state index is -0.893. The lowest BCUT2D eigenvalue weighted by Gasteiger charge is -2.65. The van der Waals surface area contributed by atoms with Gasteiger partial charge >= 0.3 is 0 Å². The highest BCUT2D eigenvalue weighted by Crippen LogP contribution is 2.57. The SMILES string of the molecule is Cl.Cn1ccc(NC(=O)C2(N)C3CCCOC3C2(C)C)n1. The summed E-state index contributed by atoms with van der Waals surface area (Å²) in [6.45, 7) is 4.79. The summed E-state index contributed by atoms with van der Waals surface area (Å²) in [5, 5.41) is 7.01. The fourth-order valence-corrected chi connectivity index (χ4v) is 3.74. The molecule has 1 amide bonds. The Kier molecular flexibility index (Phi) is 4.08. The first-order chi connectivity index (χ1) is 9.37. The van der Waals surface area contributed by atoms with Crippen molar-refractivity contribution in [3.05, 3.63) is 12.3 Å². The van der Waals surface area contributed by atoms with Crippen LogP contribution in [0.3, 0.4) is 0 Å². The maximum Gasteiger partial charge on any atom is 0.246 e. The second kappa shape index (κ2) is 5.26. The average molecular weight is 315 g/mol. The predicted octanol–water partition coefficient (Wildman–Crippen LogP) is 1.31. The number of ether oxygens (including phenoxy) is 1. The van der Waals surface area contributed by atoms with Crippen molar-refractivity contribution in [2.24, 2.45) is 24.1 Å². The molecule has 0 radical (unpaired) electrons. The number of anilines is 1. The number of fused-ring (bicyclic) bond motifs is 1. The largest absolute Gasteiger partial charge is 0.377 e. The summed E-state index contributed by atoms with van der Waals surface area (Å²) in [6, 6.07) is 1.77. The number of aromatic nitrogens is 2. The van der Waals surface area contributed by atoms with E-state index in [0.717, 1.165) is 19.4 Å². The number of hydrogen-bond donors (Lipinski definition) is 2. The van der Waals surface area contributed by atoms with Crippen LogP contribution in [0.15, 0.2) is 12.3 Å². The van der Waals surface area contributed by atoms with Crippen LogP contribution in [0.25, 0.3) is 0 Å². The van der Waals surface area contributed by atoms with Gasteiger partial charge in [0, 0.05) is 37.3 Å². The molecule has 118 valence electrons. The second-order valence-electron chi connectivity index (χ2n) is 6.46. The second-order valence-corrected chi connectivity index (χ2v) is 6.46. The van der Waals surface area contributed by atoms with E-state index in [9.17, 15) is 4.79 Å². The molecule has 3 rings (SSSR count). The molecule has 2 fully saturated rings. The third kappa shape index (κ3) is 2.17. The van der Waals surface area contributed by atoms with Gasteiger partial charge in [-0.05, 0) is 12.8 Å². The maximum absolute atomic E-state index is 12.7. The molecule has 0 bridgehead atoms. The number of hydrogen-bond acceptors (Lipinski definition) is 4. The van der Waals surface area contributed by atoms with Crippen molar-refractivity contribution in [3.8, 4) is 0 Å². The number of nitrogens with one attached hydrogen (secondary N) is 1. The molecular weight excluding hydrogens is 292 g/mol. The molecule has 21 heavy (non-hydrogen) atoms. The fraction of sp³-hybridized carbons (Fsp3) is 0.714. The van der Waals surface area contributed by atoms with E-state index in [1.54, 1.807) is 16.9 Å². The molecule has 2 heterocycles. The molecule has 3 unspecified atom stereocenters. The minimum Gasteiger partial charge on any atom is -0.377 e. The van der Waals surface area contributed by atoms with Crippen LogP contribution in [-0.4, -0.2) is 33.9 Å². The number of carbonyl (C=O) groups excluding carboxylic acids is 1. The Morgan fingerprint density at radius 1 is 1.57 bits per heavy atom. The first-order valence-electron chi connectivity index (χ1n) is 7.09. The molecule has 3 N–H and O–H groups in total. The van der Waals surface area contributed by atoms with Crippen molar-refractivity contribution in [1.82, 2.24) is 9.78 Å². The monoisotopic (exact) mass is 314 g/mol. The Labute approximate surface area is 130 Å². The van der Waals surface area contributed by atoms with E-state index in [1.807, 2.05) is 20.9 Å². The van der Waals surface area contributed by atoms with Gasteiger partial charge in [0.2, 0.25) is 5.91 Å². The van der Waals surface area contributed by atoms with Crippen molar-refractivity contribution >= 4 is 24.1 Å². The van der Waals surface area contributed by atoms with Gasteiger partial charge < -0.3 is 15.8 Å². The van der Waals surface area contributed by atoms with E-state index in [1.165, 1.54) is 0 Å². The lowest BCUT2D eigenvalue weighted by Crippen LogP contribution is -2.81. The van der Waals surface area contributed by atoms with Crippen molar-refractivity contribution in [3.63, 3.8) is 0 Å². The summed E-state index contributed by atoms with van der Waals surface area (Å²) >= 11 is 0. The van der Waals surface area contributed by atoms with Gasteiger partial charge in [-0.15, -0.1) is 12.4 Å². The molecule has 7 heteroatoms. The van der Waals surface area contributed by atoms with Gasteiger partial charge in [0.05, 0.1) is 6.10 Å². The summed E-state index contributed by atoms with van der Waals surface area (Å²) in [4.78, 5) is 12.7. The molecule has 1 aliphatic carbocycles. The van der Waals surface area contributed by atoms with Crippen LogP contribution in [-0.2, 0) is 16.6 Å². The van der Waals surface area contributed by atoms with Crippen LogP contribution in [0, 0.1) is 11.3 Å². The first kappa shape index (κ1) is 16.3. The first-order valence-corrected chi connectivity index (χ1v) is 7.09. The Morgan fingerprint density at radius 3 is 2.90 bits per heavy atom. The van der Waals surface area contributed by atoms with E-state index in [4.69, 9.17) is 10.5 Å². The zero-order valence-corrected chi connectivity index (χ0v) is 13.4. The molecule has 1 saturated heterocycles. The van der Waals surface area contributed by atoms with Crippen molar-refractivity contribution in [2.45, 2.75) is 38.3 Å². The molecule has 1 aliphatic heterocycles. The van der Waals surface area contributed by atoms with Gasteiger partial charge in [-0.1, -0.05) is 13.8 Å². The minimum absolute atomic E-state index is 0. The molecule has 3 atom stereocenters.